The van der Waals surface area contributed by atoms with Gasteiger partial charge in [-0.1, -0.05) is 53.1 Å². The summed E-state index contributed by atoms with van der Waals surface area (Å²) in [7, 11) is 0. The molecule has 0 fully saturated rings. The second-order valence-electron chi connectivity index (χ2n) is 4.96. The molecule has 0 aliphatic heterocycles. The van der Waals surface area contributed by atoms with Crippen molar-refractivity contribution in [3.05, 3.63) is 36.0 Å². The van der Waals surface area contributed by atoms with Crippen LogP contribution in [0.25, 0.3) is 10.9 Å². The van der Waals surface area contributed by atoms with Crippen LogP contribution in [0, 0.1) is 0 Å². The topological polar surface area (TPSA) is 102 Å². The van der Waals surface area contributed by atoms with E-state index in [4.69, 9.17) is 5.73 Å². The number of para-hydroxylation sites is 1. The molecule has 24 heavy (non-hydrogen) atoms. The number of hydrogen-bond acceptors (Lipinski definition) is 7. The lowest BCUT2D eigenvalue weighted by Crippen LogP contribution is -2.12. The number of aromatic amines is 1. The van der Waals surface area contributed by atoms with E-state index in [1.165, 1.54) is 34.9 Å². The summed E-state index contributed by atoms with van der Waals surface area (Å²) in [6, 6.07) is 7.71. The van der Waals surface area contributed by atoms with Crippen LogP contribution in [-0.2, 0) is 4.79 Å². The highest BCUT2D eigenvalue weighted by atomic mass is 32.2. The normalized spacial score (nSPS) is 12.4. The number of hydrogen-bond donors (Lipinski definition) is 2. The third-order valence-electron chi connectivity index (χ3n) is 3.23. The van der Waals surface area contributed by atoms with Gasteiger partial charge in [-0.25, -0.2) is 0 Å². The monoisotopic (exact) mass is 378 g/mol. The second kappa shape index (κ2) is 7.37. The number of carbonyl (C=O) groups is 2. The molecule has 0 spiro atoms. The molecule has 2 heterocycles. The van der Waals surface area contributed by atoms with Gasteiger partial charge in [0.1, 0.15) is 0 Å². The highest BCUT2D eigenvalue weighted by Gasteiger charge is 2.21. The number of nitrogens with two attached hydrogens (primary N) is 1. The van der Waals surface area contributed by atoms with Gasteiger partial charge in [-0.15, -0.1) is 10.2 Å². The van der Waals surface area contributed by atoms with Crippen molar-refractivity contribution >= 4 is 57.5 Å². The van der Waals surface area contributed by atoms with Crippen LogP contribution in [0.3, 0.4) is 0 Å². The average Bonchev–Trinajstić information content (AvgIpc) is 3.18. The smallest absolute Gasteiger partial charge is 0.227 e. The Morgan fingerprint density at radius 2 is 2.04 bits per heavy atom. The van der Waals surface area contributed by atoms with Gasteiger partial charge in [0, 0.05) is 22.7 Å². The Bertz CT molecular complexity index is 890. The van der Waals surface area contributed by atoms with Crippen molar-refractivity contribution in [1.29, 1.82) is 0 Å². The zero-order valence-corrected chi connectivity index (χ0v) is 15.1. The summed E-state index contributed by atoms with van der Waals surface area (Å²) in [5, 5.41) is 8.69. The lowest BCUT2D eigenvalue weighted by molar-refractivity contribution is -0.115. The molecule has 0 bridgehead atoms. The Labute approximate surface area is 150 Å². The third-order valence-corrected chi connectivity index (χ3v) is 6.49. The number of Topliss-reactive ketones (excluding diaryl/α,β-unsaturated/α-hetero) is 1. The largest absolute Gasteiger partial charge is 0.369 e. The summed E-state index contributed by atoms with van der Waals surface area (Å²) in [6.45, 7) is 1.85. The predicted octanol–water partition coefficient (Wildman–Crippen LogP) is 2.96. The zero-order chi connectivity index (χ0) is 17.1. The molecule has 1 aromatic carbocycles. The zero-order valence-electron chi connectivity index (χ0n) is 12.7. The van der Waals surface area contributed by atoms with Crippen molar-refractivity contribution in [3.63, 3.8) is 0 Å². The molecular formula is C15H14N4O2S3. The number of H-pyrrole nitrogens is 1. The average molecular weight is 379 g/mol. The fourth-order valence-electron chi connectivity index (χ4n) is 2.14. The van der Waals surface area contributed by atoms with E-state index >= 15 is 0 Å². The summed E-state index contributed by atoms with van der Waals surface area (Å²) >= 11 is 3.97. The van der Waals surface area contributed by atoms with Crippen LogP contribution in [-0.4, -0.2) is 37.9 Å². The number of fused-ring (bicyclic) bond motifs is 1. The Morgan fingerprint density at radius 3 is 2.83 bits per heavy atom. The molecule has 1 atom stereocenters. The molecule has 0 aliphatic rings. The van der Waals surface area contributed by atoms with Crippen LogP contribution in [0.4, 0.5) is 0 Å². The minimum absolute atomic E-state index is 0.0407. The summed E-state index contributed by atoms with van der Waals surface area (Å²) in [5.41, 5.74) is 6.73. The Morgan fingerprint density at radius 1 is 1.29 bits per heavy atom. The summed E-state index contributed by atoms with van der Waals surface area (Å²) < 4.78 is 1.37. The number of nitrogens with zero attached hydrogens (tertiary/aromatic N) is 2. The standard InChI is InChI=1S/C15H14N4O2S3/c1-8(23-15-19-18-14(24-15)22-7-12(16)20)13(21)10-6-17-11-5-3-2-4-9(10)11/h2-6,8,17H,7H2,1H3,(H2,16,20)/t8-/m0/s1. The van der Waals surface area contributed by atoms with Crippen molar-refractivity contribution in [2.45, 2.75) is 20.9 Å². The van der Waals surface area contributed by atoms with Gasteiger partial charge in [0.2, 0.25) is 5.91 Å². The van der Waals surface area contributed by atoms with Gasteiger partial charge < -0.3 is 10.7 Å². The van der Waals surface area contributed by atoms with E-state index in [9.17, 15) is 9.59 Å². The summed E-state index contributed by atoms with van der Waals surface area (Å²) in [6.07, 6.45) is 1.75. The molecule has 9 heteroatoms. The number of amides is 1. The van der Waals surface area contributed by atoms with Crippen LogP contribution in [0.1, 0.15) is 17.3 Å². The lowest BCUT2D eigenvalue weighted by Gasteiger charge is -2.06. The molecule has 124 valence electrons. The maximum Gasteiger partial charge on any atom is 0.227 e. The highest BCUT2D eigenvalue weighted by molar-refractivity contribution is 8.04. The van der Waals surface area contributed by atoms with Crippen LogP contribution >= 0.6 is 34.9 Å². The van der Waals surface area contributed by atoms with E-state index in [0.717, 1.165) is 10.9 Å². The van der Waals surface area contributed by atoms with Crippen LogP contribution in [0.15, 0.2) is 39.1 Å². The summed E-state index contributed by atoms with van der Waals surface area (Å²) in [5.74, 6) is -0.186. The fraction of sp³-hybridized carbons (Fsp3) is 0.200. The number of rotatable bonds is 7. The van der Waals surface area contributed by atoms with Gasteiger partial charge >= 0.3 is 0 Å². The molecule has 3 N–H and O–H groups in total. The molecule has 0 saturated carbocycles. The molecule has 0 aliphatic carbocycles. The van der Waals surface area contributed by atoms with Gasteiger partial charge in [-0.3, -0.25) is 9.59 Å². The Balaban J connectivity index is 1.69. The highest BCUT2D eigenvalue weighted by Crippen LogP contribution is 2.33. The first-order valence-corrected chi connectivity index (χ1v) is 9.74. The lowest BCUT2D eigenvalue weighted by atomic mass is 10.1. The molecule has 1 amide bonds. The van der Waals surface area contributed by atoms with E-state index in [-0.39, 0.29) is 16.8 Å². The number of carbonyl (C=O) groups excluding carboxylic acids is 2. The third kappa shape index (κ3) is 3.80. The molecule has 2 aromatic heterocycles. The SMILES string of the molecule is C[C@H](Sc1nnc(SCC(N)=O)s1)C(=O)c1c[nH]c2ccccc12. The maximum absolute atomic E-state index is 12.7. The van der Waals surface area contributed by atoms with Crippen molar-refractivity contribution in [1.82, 2.24) is 15.2 Å². The van der Waals surface area contributed by atoms with Crippen LogP contribution in [0.2, 0.25) is 0 Å². The van der Waals surface area contributed by atoms with Gasteiger partial charge in [0.15, 0.2) is 14.5 Å². The Hall–Kier alpha value is -1.84. The number of benzene rings is 1. The van der Waals surface area contributed by atoms with E-state index in [0.29, 0.717) is 14.2 Å². The minimum atomic E-state index is -0.396. The second-order valence-corrected chi connectivity index (χ2v) is 8.75. The van der Waals surface area contributed by atoms with Crippen LogP contribution in [0.5, 0.6) is 0 Å². The van der Waals surface area contributed by atoms with Crippen molar-refractivity contribution in [2.24, 2.45) is 5.73 Å². The molecule has 6 nitrogen and oxygen atoms in total. The number of thioether (sulfide) groups is 2. The molecule has 3 aromatic rings. The molecule has 3 rings (SSSR count). The number of ketones is 1. The number of primary amides is 1. The molecule has 0 saturated heterocycles. The predicted molar refractivity (Wildman–Crippen MR) is 97.8 cm³/mol. The first kappa shape index (κ1) is 17.0. The van der Waals surface area contributed by atoms with Gasteiger partial charge in [-0.2, -0.15) is 0 Å². The molecule has 0 radical (unpaired) electrons. The van der Waals surface area contributed by atoms with Gasteiger partial charge in [-0.05, 0) is 13.0 Å². The minimum Gasteiger partial charge on any atom is -0.369 e. The van der Waals surface area contributed by atoms with E-state index in [1.54, 1.807) is 6.20 Å². The van der Waals surface area contributed by atoms with Crippen molar-refractivity contribution in [2.75, 3.05) is 5.75 Å². The van der Waals surface area contributed by atoms with Crippen molar-refractivity contribution in [3.8, 4) is 0 Å². The molecule has 0 unspecified atom stereocenters. The van der Waals surface area contributed by atoms with E-state index < -0.39 is 5.91 Å². The maximum atomic E-state index is 12.7. The number of nitrogens with one attached hydrogen (secondary N) is 1. The molecular weight excluding hydrogens is 364 g/mol. The number of aromatic nitrogens is 3. The Kier molecular flexibility index (Phi) is 5.22. The first-order valence-electron chi connectivity index (χ1n) is 7.06. The fourth-order valence-corrected chi connectivity index (χ4v) is 5.11. The van der Waals surface area contributed by atoms with Gasteiger partial charge in [0.05, 0.1) is 11.0 Å². The van der Waals surface area contributed by atoms with E-state index in [1.807, 2.05) is 31.2 Å². The van der Waals surface area contributed by atoms with Crippen molar-refractivity contribution < 1.29 is 9.59 Å². The summed E-state index contributed by atoms with van der Waals surface area (Å²) in [4.78, 5) is 26.6. The van der Waals surface area contributed by atoms with Gasteiger partial charge in [0.25, 0.3) is 0 Å². The van der Waals surface area contributed by atoms with E-state index in [2.05, 4.69) is 15.2 Å². The van der Waals surface area contributed by atoms with Crippen LogP contribution < -0.4 is 5.73 Å². The quantitative estimate of drug-likeness (QED) is 0.484. The first-order chi connectivity index (χ1) is 11.5.